The lowest BCUT2D eigenvalue weighted by Crippen LogP contribution is -2.37. The molecule has 1 heterocycles. The molecule has 250 valence electrons. The highest BCUT2D eigenvalue weighted by atomic mass is 16.5. The van der Waals surface area contributed by atoms with Crippen LogP contribution < -0.4 is 0 Å². The molecule has 0 saturated heterocycles. The van der Waals surface area contributed by atoms with Crippen LogP contribution >= 0.6 is 0 Å². The Morgan fingerprint density at radius 3 is 2.67 bits per heavy atom. The van der Waals surface area contributed by atoms with Crippen LogP contribution in [0.15, 0.2) is 46.1 Å². The number of ether oxygens (including phenoxy) is 1. The predicted octanol–water partition coefficient (Wildman–Crippen LogP) is 8.71. The van der Waals surface area contributed by atoms with Crippen LogP contribution in [0.25, 0.3) is 0 Å². The van der Waals surface area contributed by atoms with E-state index >= 15 is 0 Å². The number of aliphatic hydroxyl groups is 2. The second kappa shape index (κ2) is 14.7. The number of carbonyl (C=O) groups excluding carboxylic acids is 1. The van der Waals surface area contributed by atoms with Gasteiger partial charge in [-0.15, -0.1) is 0 Å². The van der Waals surface area contributed by atoms with Crippen LogP contribution in [-0.4, -0.2) is 39.5 Å². The van der Waals surface area contributed by atoms with Gasteiger partial charge in [0.05, 0.1) is 23.8 Å². The summed E-state index contributed by atoms with van der Waals surface area (Å²) in [6.45, 7) is 13.4. The summed E-state index contributed by atoms with van der Waals surface area (Å²) >= 11 is 0. The number of allylic oxidation sites excluding steroid dienone is 3. The molecule has 0 radical (unpaired) electrons. The Bertz CT molecular complexity index is 1240. The summed E-state index contributed by atoms with van der Waals surface area (Å²) < 4.78 is 12.6. The highest BCUT2D eigenvalue weighted by molar-refractivity contribution is 5.69. The van der Waals surface area contributed by atoms with E-state index in [0.29, 0.717) is 37.0 Å². The fourth-order valence-electron chi connectivity index (χ4n) is 9.09. The Hall–Kier alpha value is -2.18. The van der Waals surface area contributed by atoms with E-state index in [1.807, 2.05) is 6.20 Å². The van der Waals surface area contributed by atoms with Crippen LogP contribution in [0, 0.1) is 23.2 Å². The minimum Gasteiger partial charge on any atom is -0.461 e. The summed E-state index contributed by atoms with van der Waals surface area (Å²) in [5.41, 5.74) is 3.25. The van der Waals surface area contributed by atoms with Crippen LogP contribution in [0.3, 0.4) is 0 Å². The minimum absolute atomic E-state index is 0.0803. The number of hydrogen-bond acceptors (Lipinski definition) is 6. The fraction of sp³-hybridized carbons (Fsp3) is 0.744. The third-order valence-electron chi connectivity index (χ3n) is 12.0. The van der Waals surface area contributed by atoms with Crippen molar-refractivity contribution in [3.8, 4) is 0 Å². The van der Waals surface area contributed by atoms with Gasteiger partial charge in [0.1, 0.15) is 11.9 Å². The third kappa shape index (κ3) is 7.53. The van der Waals surface area contributed by atoms with Gasteiger partial charge in [-0.25, -0.2) is 4.98 Å². The zero-order valence-electron chi connectivity index (χ0n) is 28.5. The van der Waals surface area contributed by atoms with Gasteiger partial charge in [0.25, 0.3) is 0 Å². The lowest BCUT2D eigenvalue weighted by molar-refractivity contribution is -0.152. The quantitative estimate of drug-likeness (QED) is 0.202. The molecular formula is C39H59NO5. The number of rotatable bonds is 14. The number of esters is 1. The monoisotopic (exact) mass is 621 g/mol. The Morgan fingerprint density at radius 1 is 1.16 bits per heavy atom. The van der Waals surface area contributed by atoms with Gasteiger partial charge in [-0.05, 0) is 111 Å². The third-order valence-corrected chi connectivity index (χ3v) is 12.0. The van der Waals surface area contributed by atoms with E-state index < -0.39 is 12.2 Å². The first-order chi connectivity index (χ1) is 21.6. The van der Waals surface area contributed by atoms with Crippen molar-refractivity contribution in [2.75, 3.05) is 0 Å². The number of aryl methyl sites for hydroxylation is 1. The normalized spacial score (nSPS) is 32.4. The lowest BCUT2D eigenvalue weighted by Gasteiger charge is -2.44. The summed E-state index contributed by atoms with van der Waals surface area (Å²) in [5.74, 6) is 3.36. The van der Waals surface area contributed by atoms with Crippen molar-refractivity contribution >= 4 is 5.97 Å². The molecule has 0 bridgehead atoms. The van der Waals surface area contributed by atoms with E-state index in [1.165, 1.54) is 31.3 Å². The molecule has 1 aromatic heterocycles. The number of nitrogens with zero attached hydrogens (tertiary/aromatic N) is 1. The maximum Gasteiger partial charge on any atom is 0.306 e. The van der Waals surface area contributed by atoms with Gasteiger partial charge in [-0.2, -0.15) is 0 Å². The molecule has 45 heavy (non-hydrogen) atoms. The van der Waals surface area contributed by atoms with E-state index in [9.17, 15) is 15.0 Å². The van der Waals surface area contributed by atoms with Gasteiger partial charge in [0, 0.05) is 19.3 Å². The highest BCUT2D eigenvalue weighted by Gasteiger charge is 2.57. The summed E-state index contributed by atoms with van der Waals surface area (Å²) in [5, 5.41) is 20.5. The van der Waals surface area contributed by atoms with E-state index in [0.717, 1.165) is 87.0 Å². The van der Waals surface area contributed by atoms with Crippen LogP contribution in [0.4, 0.5) is 0 Å². The molecule has 0 aromatic carbocycles. The number of oxazole rings is 1. The van der Waals surface area contributed by atoms with E-state index in [1.54, 1.807) is 0 Å². The average Bonchev–Trinajstić information content (AvgIpc) is 3.53. The molecule has 4 saturated carbocycles. The first-order valence-corrected chi connectivity index (χ1v) is 18.2. The molecule has 7 atom stereocenters. The Balaban J connectivity index is 1.28. The number of aromatic nitrogens is 1. The van der Waals surface area contributed by atoms with Crippen molar-refractivity contribution in [3.63, 3.8) is 0 Å². The molecule has 4 fully saturated rings. The Labute approximate surface area is 271 Å². The largest absolute Gasteiger partial charge is 0.461 e. The molecule has 6 nitrogen and oxygen atoms in total. The zero-order chi connectivity index (χ0) is 32.2. The molecule has 1 aromatic rings. The molecule has 0 aliphatic heterocycles. The van der Waals surface area contributed by atoms with E-state index in [4.69, 9.17) is 14.1 Å². The number of fused-ring (bicyclic) bond motifs is 1. The van der Waals surface area contributed by atoms with Gasteiger partial charge >= 0.3 is 5.97 Å². The number of unbranched alkanes of at least 4 members (excludes halogenated alkanes) is 2. The van der Waals surface area contributed by atoms with Gasteiger partial charge in [-0.1, -0.05) is 64.8 Å². The van der Waals surface area contributed by atoms with Gasteiger partial charge in [-0.3, -0.25) is 4.79 Å². The summed E-state index contributed by atoms with van der Waals surface area (Å²) in [4.78, 5) is 17.7. The minimum atomic E-state index is -0.650. The van der Waals surface area contributed by atoms with Crippen molar-refractivity contribution < 1.29 is 24.2 Å². The molecular weight excluding hydrogens is 562 g/mol. The summed E-state index contributed by atoms with van der Waals surface area (Å²) in [6.07, 6.45) is 21.2. The Kier molecular flexibility index (Phi) is 11.2. The number of carbonyl (C=O) groups is 1. The first-order valence-electron chi connectivity index (χ1n) is 18.2. The van der Waals surface area contributed by atoms with Gasteiger partial charge in [0.15, 0.2) is 0 Å². The zero-order valence-corrected chi connectivity index (χ0v) is 28.5. The second-order valence-electron chi connectivity index (χ2n) is 15.2. The first kappa shape index (κ1) is 34.2. The lowest BCUT2D eigenvalue weighted by atomic mass is 9.60. The highest BCUT2D eigenvalue weighted by Crippen LogP contribution is 2.60. The van der Waals surface area contributed by atoms with Crippen molar-refractivity contribution in [1.29, 1.82) is 0 Å². The predicted molar refractivity (Wildman–Crippen MR) is 179 cm³/mol. The van der Waals surface area contributed by atoms with Crippen molar-refractivity contribution in [3.05, 3.63) is 53.3 Å². The molecule has 2 N–H and O–H groups in total. The maximum atomic E-state index is 13.0. The van der Waals surface area contributed by atoms with Crippen LogP contribution in [0.2, 0.25) is 0 Å². The molecule has 0 unspecified atom stereocenters. The van der Waals surface area contributed by atoms with E-state index in [-0.39, 0.29) is 22.9 Å². The Morgan fingerprint density at radius 2 is 1.93 bits per heavy atom. The van der Waals surface area contributed by atoms with Crippen molar-refractivity contribution in [2.24, 2.45) is 23.2 Å². The number of aliphatic hydroxyl groups excluding tert-OH is 2. The number of hydrogen-bond donors (Lipinski definition) is 2. The van der Waals surface area contributed by atoms with Gasteiger partial charge in [0.2, 0.25) is 5.89 Å². The van der Waals surface area contributed by atoms with Crippen LogP contribution in [0.1, 0.15) is 142 Å². The molecule has 4 aliphatic carbocycles. The molecule has 0 spiro atoms. The molecule has 4 aliphatic rings. The van der Waals surface area contributed by atoms with Crippen molar-refractivity contribution in [1.82, 2.24) is 4.98 Å². The van der Waals surface area contributed by atoms with Crippen molar-refractivity contribution in [2.45, 2.75) is 161 Å². The summed E-state index contributed by atoms with van der Waals surface area (Å²) in [7, 11) is 0. The van der Waals surface area contributed by atoms with Crippen LogP contribution in [-0.2, 0) is 21.4 Å². The fourth-order valence-corrected chi connectivity index (χ4v) is 9.09. The smallest absolute Gasteiger partial charge is 0.306 e. The standard InChI is InChI=1S/C39H59NO5/c1-6-8-12-31-25-40-37(44-31)39(21-22-39)35(45-36(43)13-9-7-2)19-14-26(3)32-17-18-33-28(11-10-20-38(32,33)5)15-16-29-23-30(41)24-34(42)27(29)4/h15-16,25-26,30,32-35,41-42H,4,6-14,17-24H2,1-3,5H3/t26-,30-,32-,33+,34+,35+,38-/m1/s1. The maximum absolute atomic E-state index is 13.0. The average molecular weight is 622 g/mol. The topological polar surface area (TPSA) is 92.8 Å². The van der Waals surface area contributed by atoms with E-state index in [2.05, 4.69) is 46.4 Å². The molecule has 5 rings (SSSR count). The SMILES string of the molecule is C=C1C(=CC=C2CCC[C@]3(C)[C@@H]([C@H](C)CC[C@H](OC(=O)CCCC)C4(c5ncc(CCCC)o5)CC4)CC[C@@H]23)C[C@@H](O)C[C@@H]1O. The van der Waals surface area contributed by atoms with Crippen LogP contribution in [0.5, 0.6) is 0 Å². The molecule has 0 amide bonds. The molecule has 6 heteroatoms. The second-order valence-corrected chi connectivity index (χ2v) is 15.2. The summed E-state index contributed by atoms with van der Waals surface area (Å²) in [6, 6.07) is 0. The van der Waals surface area contributed by atoms with Gasteiger partial charge < -0.3 is 19.4 Å².